The lowest BCUT2D eigenvalue weighted by Crippen LogP contribution is -2.14. The van der Waals surface area contributed by atoms with Crippen molar-refractivity contribution in [1.82, 2.24) is 4.98 Å². The molecule has 3 heteroatoms. The SMILES string of the molecule is Cc1ccc(-c2c(C#N)c(N)nc3c2CCCC3C)cc1. The van der Waals surface area contributed by atoms with Crippen LogP contribution >= 0.6 is 0 Å². The molecule has 3 rings (SSSR count). The van der Waals surface area contributed by atoms with Gasteiger partial charge >= 0.3 is 0 Å². The Hall–Kier alpha value is -2.34. The highest BCUT2D eigenvalue weighted by Crippen LogP contribution is 2.39. The summed E-state index contributed by atoms with van der Waals surface area (Å²) in [5.41, 5.74) is 12.1. The highest BCUT2D eigenvalue weighted by molar-refractivity contribution is 5.79. The minimum Gasteiger partial charge on any atom is -0.383 e. The lowest BCUT2D eigenvalue weighted by atomic mass is 9.82. The Balaban J connectivity index is 2.31. The van der Waals surface area contributed by atoms with E-state index in [1.165, 1.54) is 11.1 Å². The maximum atomic E-state index is 9.51. The number of rotatable bonds is 1. The van der Waals surface area contributed by atoms with Crippen molar-refractivity contribution in [3.8, 4) is 17.2 Å². The van der Waals surface area contributed by atoms with Crippen molar-refractivity contribution in [2.24, 2.45) is 0 Å². The maximum Gasteiger partial charge on any atom is 0.142 e. The van der Waals surface area contributed by atoms with Crippen LogP contribution in [0.4, 0.5) is 5.82 Å². The fraction of sp³-hybridized carbons (Fsp3) is 0.333. The summed E-state index contributed by atoms with van der Waals surface area (Å²) >= 11 is 0. The zero-order valence-electron chi connectivity index (χ0n) is 12.5. The van der Waals surface area contributed by atoms with Gasteiger partial charge in [-0.3, -0.25) is 0 Å². The van der Waals surface area contributed by atoms with Crippen LogP contribution in [0.5, 0.6) is 0 Å². The molecule has 0 aliphatic heterocycles. The van der Waals surface area contributed by atoms with Gasteiger partial charge in [-0.1, -0.05) is 36.8 Å². The van der Waals surface area contributed by atoms with E-state index in [1.54, 1.807) is 0 Å². The van der Waals surface area contributed by atoms with Crippen LogP contribution in [0, 0.1) is 18.3 Å². The van der Waals surface area contributed by atoms with E-state index in [0.717, 1.165) is 36.1 Å². The molecule has 0 bridgehead atoms. The van der Waals surface area contributed by atoms with Crippen LogP contribution < -0.4 is 5.73 Å². The quantitative estimate of drug-likeness (QED) is 0.858. The van der Waals surface area contributed by atoms with Crippen molar-refractivity contribution >= 4 is 5.82 Å². The van der Waals surface area contributed by atoms with Gasteiger partial charge in [0.2, 0.25) is 0 Å². The van der Waals surface area contributed by atoms with Crippen LogP contribution in [-0.2, 0) is 6.42 Å². The number of nitrogens with two attached hydrogens (primary N) is 1. The third kappa shape index (κ3) is 2.27. The second-order valence-corrected chi connectivity index (χ2v) is 5.88. The number of pyridine rings is 1. The van der Waals surface area contributed by atoms with Crippen molar-refractivity contribution < 1.29 is 0 Å². The van der Waals surface area contributed by atoms with E-state index in [4.69, 9.17) is 5.73 Å². The number of nitriles is 1. The lowest BCUT2D eigenvalue weighted by Gasteiger charge is -2.25. The predicted molar refractivity (Wildman–Crippen MR) is 84.9 cm³/mol. The number of anilines is 1. The Bertz CT molecular complexity index is 724. The Morgan fingerprint density at radius 2 is 2.00 bits per heavy atom. The molecule has 2 aromatic rings. The van der Waals surface area contributed by atoms with Crippen LogP contribution in [0.1, 0.15) is 48.1 Å². The van der Waals surface area contributed by atoms with E-state index in [0.29, 0.717) is 17.3 Å². The zero-order chi connectivity index (χ0) is 15.0. The number of benzene rings is 1. The molecule has 1 aromatic carbocycles. The summed E-state index contributed by atoms with van der Waals surface area (Å²) in [4.78, 5) is 4.52. The highest BCUT2D eigenvalue weighted by atomic mass is 14.9. The lowest BCUT2D eigenvalue weighted by molar-refractivity contribution is 0.575. The highest BCUT2D eigenvalue weighted by Gasteiger charge is 2.25. The molecule has 1 heterocycles. The van der Waals surface area contributed by atoms with Crippen LogP contribution in [0.3, 0.4) is 0 Å². The molecule has 0 amide bonds. The third-order valence-electron chi connectivity index (χ3n) is 4.34. The van der Waals surface area contributed by atoms with E-state index in [1.807, 2.05) is 0 Å². The Morgan fingerprint density at radius 1 is 1.29 bits per heavy atom. The summed E-state index contributed by atoms with van der Waals surface area (Å²) < 4.78 is 0. The molecule has 1 aliphatic carbocycles. The van der Waals surface area contributed by atoms with Gasteiger partial charge in [0, 0.05) is 11.3 Å². The number of nitrogen functional groups attached to an aromatic ring is 1. The Labute approximate surface area is 125 Å². The molecule has 1 aromatic heterocycles. The molecule has 0 saturated carbocycles. The van der Waals surface area contributed by atoms with E-state index in [-0.39, 0.29) is 0 Å². The number of nitrogens with zero attached hydrogens (tertiary/aromatic N) is 2. The summed E-state index contributed by atoms with van der Waals surface area (Å²) in [5, 5.41) is 9.51. The number of hydrogen-bond acceptors (Lipinski definition) is 3. The van der Waals surface area contributed by atoms with Crippen LogP contribution in [0.25, 0.3) is 11.1 Å². The smallest absolute Gasteiger partial charge is 0.142 e. The minimum absolute atomic E-state index is 0.362. The number of fused-ring (bicyclic) bond motifs is 1. The van der Waals surface area contributed by atoms with Crippen LogP contribution in [-0.4, -0.2) is 4.98 Å². The van der Waals surface area contributed by atoms with Gasteiger partial charge in [-0.2, -0.15) is 5.26 Å². The average molecular weight is 277 g/mol. The van der Waals surface area contributed by atoms with Gasteiger partial charge in [-0.15, -0.1) is 0 Å². The largest absolute Gasteiger partial charge is 0.383 e. The molecule has 0 fully saturated rings. The molecule has 1 unspecified atom stereocenters. The molecule has 1 aliphatic rings. The monoisotopic (exact) mass is 277 g/mol. The maximum absolute atomic E-state index is 9.51. The van der Waals surface area contributed by atoms with Gasteiger partial charge in [0.05, 0.1) is 0 Å². The number of aromatic nitrogens is 1. The van der Waals surface area contributed by atoms with Gasteiger partial charge in [0.1, 0.15) is 17.5 Å². The molecule has 2 N–H and O–H groups in total. The molecule has 0 spiro atoms. The molecule has 1 atom stereocenters. The summed E-state index contributed by atoms with van der Waals surface area (Å²) in [7, 11) is 0. The fourth-order valence-electron chi connectivity index (χ4n) is 3.19. The summed E-state index contributed by atoms with van der Waals surface area (Å²) in [6.07, 6.45) is 3.26. The first kappa shape index (κ1) is 13.6. The molecule has 0 radical (unpaired) electrons. The average Bonchev–Trinajstić information content (AvgIpc) is 2.48. The topological polar surface area (TPSA) is 62.7 Å². The summed E-state index contributed by atoms with van der Waals surface area (Å²) in [6.45, 7) is 4.25. The molecule has 21 heavy (non-hydrogen) atoms. The molecule has 0 saturated heterocycles. The Kier molecular flexibility index (Phi) is 3.39. The van der Waals surface area contributed by atoms with Gasteiger partial charge in [0.25, 0.3) is 0 Å². The second-order valence-electron chi connectivity index (χ2n) is 5.88. The Morgan fingerprint density at radius 3 is 2.67 bits per heavy atom. The van der Waals surface area contributed by atoms with E-state index in [9.17, 15) is 5.26 Å². The minimum atomic E-state index is 0.362. The van der Waals surface area contributed by atoms with E-state index in [2.05, 4.69) is 49.2 Å². The first-order valence-corrected chi connectivity index (χ1v) is 7.41. The molecule has 3 nitrogen and oxygen atoms in total. The van der Waals surface area contributed by atoms with Gasteiger partial charge in [-0.25, -0.2) is 4.98 Å². The summed E-state index contributed by atoms with van der Waals surface area (Å²) in [6, 6.07) is 10.6. The van der Waals surface area contributed by atoms with E-state index < -0.39 is 0 Å². The first-order valence-electron chi connectivity index (χ1n) is 7.41. The van der Waals surface area contributed by atoms with Crippen LogP contribution in [0.15, 0.2) is 24.3 Å². The molecular formula is C18H19N3. The first-order chi connectivity index (χ1) is 10.1. The zero-order valence-corrected chi connectivity index (χ0v) is 12.5. The summed E-state index contributed by atoms with van der Waals surface area (Å²) in [5.74, 6) is 0.772. The van der Waals surface area contributed by atoms with Gasteiger partial charge < -0.3 is 5.73 Å². The van der Waals surface area contributed by atoms with E-state index >= 15 is 0 Å². The standard InChI is InChI=1S/C18H19N3/c1-11-6-8-13(9-7-11)16-14-5-3-4-12(2)17(14)21-18(20)15(16)10-19/h6-9,12H,3-5H2,1-2H3,(H2,20,21). The van der Waals surface area contributed by atoms with Gasteiger partial charge in [0.15, 0.2) is 0 Å². The molecular weight excluding hydrogens is 258 g/mol. The van der Waals surface area contributed by atoms with Crippen LogP contribution in [0.2, 0.25) is 0 Å². The number of aryl methyl sites for hydroxylation is 1. The van der Waals surface area contributed by atoms with Crippen molar-refractivity contribution in [2.75, 3.05) is 5.73 Å². The van der Waals surface area contributed by atoms with Gasteiger partial charge in [-0.05, 0) is 43.2 Å². The van der Waals surface area contributed by atoms with Crippen molar-refractivity contribution in [3.63, 3.8) is 0 Å². The fourth-order valence-corrected chi connectivity index (χ4v) is 3.19. The predicted octanol–water partition coefficient (Wildman–Crippen LogP) is 3.95. The molecule has 106 valence electrons. The normalized spacial score (nSPS) is 17.1. The third-order valence-corrected chi connectivity index (χ3v) is 4.34. The van der Waals surface area contributed by atoms with Crippen molar-refractivity contribution in [2.45, 2.75) is 39.0 Å². The van der Waals surface area contributed by atoms with Crippen molar-refractivity contribution in [1.29, 1.82) is 5.26 Å². The number of hydrogen-bond donors (Lipinski definition) is 1. The second kappa shape index (κ2) is 5.21. The van der Waals surface area contributed by atoms with Crippen molar-refractivity contribution in [3.05, 3.63) is 46.6 Å².